The lowest BCUT2D eigenvalue weighted by Gasteiger charge is -2.16. The zero-order valence-electron chi connectivity index (χ0n) is 13.7. The Hall–Kier alpha value is -2.00. The van der Waals surface area contributed by atoms with Gasteiger partial charge in [0.05, 0.1) is 6.61 Å². The minimum absolute atomic E-state index is 0.568. The van der Waals surface area contributed by atoms with Crippen LogP contribution in [0.15, 0.2) is 42.5 Å². The number of para-hydroxylation sites is 2. The fourth-order valence-electron chi connectivity index (χ4n) is 2.49. The van der Waals surface area contributed by atoms with E-state index in [1.807, 2.05) is 18.2 Å². The second-order valence-corrected chi connectivity index (χ2v) is 5.27. The van der Waals surface area contributed by atoms with E-state index in [4.69, 9.17) is 9.47 Å². The van der Waals surface area contributed by atoms with Gasteiger partial charge in [0.1, 0.15) is 12.4 Å². The molecule has 2 aromatic rings. The zero-order chi connectivity index (χ0) is 15.8. The maximum atomic E-state index is 5.79. The Kier molecular flexibility index (Phi) is 6.28. The van der Waals surface area contributed by atoms with Gasteiger partial charge in [0, 0.05) is 24.9 Å². The molecule has 2 aromatic carbocycles. The standard InChI is InChI=1S/C19H25NO2/c1-4-16-10-7-8-15(2)19(16)20-14-17-9-5-6-11-18(17)22-13-12-21-3/h5-11,20H,4,12-14H2,1-3H3. The van der Waals surface area contributed by atoms with E-state index in [2.05, 4.69) is 43.4 Å². The molecule has 0 saturated carbocycles. The van der Waals surface area contributed by atoms with E-state index in [0.29, 0.717) is 13.2 Å². The predicted molar refractivity (Wildman–Crippen MR) is 91.7 cm³/mol. The van der Waals surface area contributed by atoms with Crippen molar-refractivity contribution in [2.24, 2.45) is 0 Å². The van der Waals surface area contributed by atoms with Crippen molar-refractivity contribution < 1.29 is 9.47 Å². The molecule has 0 aliphatic heterocycles. The Labute approximate surface area is 133 Å². The van der Waals surface area contributed by atoms with Crippen molar-refractivity contribution in [2.45, 2.75) is 26.8 Å². The number of methoxy groups -OCH3 is 1. The van der Waals surface area contributed by atoms with E-state index in [0.717, 1.165) is 24.3 Å². The van der Waals surface area contributed by atoms with Gasteiger partial charge in [-0.25, -0.2) is 0 Å². The molecule has 0 heterocycles. The molecule has 118 valence electrons. The van der Waals surface area contributed by atoms with Crippen molar-refractivity contribution in [1.82, 2.24) is 0 Å². The summed E-state index contributed by atoms with van der Waals surface area (Å²) in [7, 11) is 1.68. The highest BCUT2D eigenvalue weighted by molar-refractivity contribution is 5.57. The summed E-state index contributed by atoms with van der Waals surface area (Å²) in [6, 6.07) is 14.6. The van der Waals surface area contributed by atoms with E-state index in [1.165, 1.54) is 16.8 Å². The highest BCUT2D eigenvalue weighted by Gasteiger charge is 2.06. The molecule has 3 heteroatoms. The summed E-state index contributed by atoms with van der Waals surface area (Å²) in [5.74, 6) is 0.915. The van der Waals surface area contributed by atoms with Gasteiger partial charge in [-0.15, -0.1) is 0 Å². The topological polar surface area (TPSA) is 30.5 Å². The largest absolute Gasteiger partial charge is 0.491 e. The number of aryl methyl sites for hydroxylation is 2. The Morgan fingerprint density at radius 1 is 0.955 bits per heavy atom. The molecule has 0 bridgehead atoms. The fourth-order valence-corrected chi connectivity index (χ4v) is 2.49. The third-order valence-corrected chi connectivity index (χ3v) is 3.71. The SMILES string of the molecule is CCc1cccc(C)c1NCc1ccccc1OCCOC. The van der Waals surface area contributed by atoms with Crippen molar-refractivity contribution in [3.8, 4) is 5.75 Å². The monoisotopic (exact) mass is 299 g/mol. The van der Waals surface area contributed by atoms with Crippen LogP contribution in [-0.4, -0.2) is 20.3 Å². The van der Waals surface area contributed by atoms with Gasteiger partial charge in [0.2, 0.25) is 0 Å². The number of anilines is 1. The molecular formula is C19H25NO2. The third-order valence-electron chi connectivity index (χ3n) is 3.71. The smallest absolute Gasteiger partial charge is 0.124 e. The molecule has 0 radical (unpaired) electrons. The van der Waals surface area contributed by atoms with Crippen molar-refractivity contribution in [1.29, 1.82) is 0 Å². The molecule has 0 amide bonds. The Bertz CT molecular complexity index is 596. The van der Waals surface area contributed by atoms with Crippen LogP contribution in [0.3, 0.4) is 0 Å². The Morgan fingerprint density at radius 3 is 2.50 bits per heavy atom. The van der Waals surface area contributed by atoms with Crippen molar-refractivity contribution >= 4 is 5.69 Å². The first-order valence-electron chi connectivity index (χ1n) is 7.78. The first-order valence-corrected chi connectivity index (χ1v) is 7.78. The summed E-state index contributed by atoms with van der Waals surface area (Å²) in [5.41, 5.74) is 5.01. The molecular weight excluding hydrogens is 274 g/mol. The first kappa shape index (κ1) is 16.4. The molecule has 2 rings (SSSR count). The maximum Gasteiger partial charge on any atom is 0.124 e. The lowest BCUT2D eigenvalue weighted by Crippen LogP contribution is -2.09. The quantitative estimate of drug-likeness (QED) is 0.741. The molecule has 0 aromatic heterocycles. The second kappa shape index (κ2) is 8.44. The summed E-state index contributed by atoms with van der Waals surface area (Å²) in [4.78, 5) is 0. The van der Waals surface area contributed by atoms with Crippen LogP contribution >= 0.6 is 0 Å². The van der Waals surface area contributed by atoms with Gasteiger partial charge in [-0.2, -0.15) is 0 Å². The number of benzene rings is 2. The minimum Gasteiger partial charge on any atom is -0.491 e. The lowest BCUT2D eigenvalue weighted by molar-refractivity contribution is 0.146. The molecule has 0 atom stereocenters. The van der Waals surface area contributed by atoms with Crippen molar-refractivity contribution in [3.63, 3.8) is 0 Å². The van der Waals surface area contributed by atoms with Gasteiger partial charge >= 0.3 is 0 Å². The summed E-state index contributed by atoms with van der Waals surface area (Å²) in [5, 5.41) is 3.57. The normalized spacial score (nSPS) is 10.5. The van der Waals surface area contributed by atoms with Crippen LogP contribution in [-0.2, 0) is 17.7 Å². The van der Waals surface area contributed by atoms with E-state index in [-0.39, 0.29) is 0 Å². The summed E-state index contributed by atoms with van der Waals surface area (Å²) < 4.78 is 10.8. The summed E-state index contributed by atoms with van der Waals surface area (Å²) in [6.07, 6.45) is 1.02. The molecule has 1 N–H and O–H groups in total. The second-order valence-electron chi connectivity index (χ2n) is 5.27. The third kappa shape index (κ3) is 4.25. The maximum absolute atomic E-state index is 5.79. The molecule has 0 aliphatic rings. The van der Waals surface area contributed by atoms with E-state index in [9.17, 15) is 0 Å². The van der Waals surface area contributed by atoms with Gasteiger partial charge in [0.25, 0.3) is 0 Å². The molecule has 0 aliphatic carbocycles. The van der Waals surface area contributed by atoms with E-state index < -0.39 is 0 Å². The molecule has 0 unspecified atom stereocenters. The fraction of sp³-hybridized carbons (Fsp3) is 0.368. The van der Waals surface area contributed by atoms with E-state index in [1.54, 1.807) is 7.11 Å². The zero-order valence-corrected chi connectivity index (χ0v) is 13.7. The van der Waals surface area contributed by atoms with Gasteiger partial charge in [-0.1, -0.05) is 43.3 Å². The highest BCUT2D eigenvalue weighted by atomic mass is 16.5. The van der Waals surface area contributed by atoms with Crippen LogP contribution in [0.2, 0.25) is 0 Å². The number of nitrogens with one attached hydrogen (secondary N) is 1. The van der Waals surface area contributed by atoms with Gasteiger partial charge in [0.15, 0.2) is 0 Å². The molecule has 0 spiro atoms. The predicted octanol–water partition coefficient (Wildman–Crippen LogP) is 4.19. The van der Waals surface area contributed by atoms with Crippen LogP contribution in [0.5, 0.6) is 5.75 Å². The lowest BCUT2D eigenvalue weighted by atomic mass is 10.1. The van der Waals surface area contributed by atoms with Crippen LogP contribution < -0.4 is 10.1 Å². The van der Waals surface area contributed by atoms with Crippen molar-refractivity contribution in [2.75, 3.05) is 25.6 Å². The number of ether oxygens (including phenoxy) is 2. The van der Waals surface area contributed by atoms with Crippen LogP contribution in [0.25, 0.3) is 0 Å². The van der Waals surface area contributed by atoms with E-state index >= 15 is 0 Å². The number of hydrogen-bond donors (Lipinski definition) is 1. The Balaban J connectivity index is 2.09. The summed E-state index contributed by atoms with van der Waals surface area (Å²) >= 11 is 0. The molecule has 3 nitrogen and oxygen atoms in total. The number of rotatable bonds is 8. The average Bonchev–Trinajstić information content (AvgIpc) is 2.55. The molecule has 22 heavy (non-hydrogen) atoms. The molecule has 0 fully saturated rings. The van der Waals surface area contributed by atoms with Crippen molar-refractivity contribution in [3.05, 3.63) is 59.2 Å². The van der Waals surface area contributed by atoms with Gasteiger partial charge in [-0.05, 0) is 30.5 Å². The minimum atomic E-state index is 0.568. The van der Waals surface area contributed by atoms with Crippen LogP contribution in [0.4, 0.5) is 5.69 Å². The summed E-state index contributed by atoms with van der Waals surface area (Å²) in [6.45, 7) is 6.24. The highest BCUT2D eigenvalue weighted by Crippen LogP contribution is 2.24. The van der Waals surface area contributed by atoms with Crippen LogP contribution in [0, 0.1) is 6.92 Å². The number of hydrogen-bond acceptors (Lipinski definition) is 3. The molecule has 0 saturated heterocycles. The first-order chi connectivity index (χ1) is 10.8. The van der Waals surface area contributed by atoms with Gasteiger partial charge in [-0.3, -0.25) is 0 Å². The van der Waals surface area contributed by atoms with Gasteiger partial charge < -0.3 is 14.8 Å². The van der Waals surface area contributed by atoms with Crippen LogP contribution in [0.1, 0.15) is 23.6 Å². The average molecular weight is 299 g/mol. The Morgan fingerprint density at radius 2 is 1.73 bits per heavy atom.